The molecular formula is C20H23N5O3S. The third-order valence-corrected chi connectivity index (χ3v) is 5.03. The van der Waals surface area contributed by atoms with Crippen molar-refractivity contribution in [1.82, 2.24) is 14.8 Å². The van der Waals surface area contributed by atoms with E-state index in [4.69, 9.17) is 4.42 Å². The van der Waals surface area contributed by atoms with E-state index < -0.39 is 0 Å². The minimum absolute atomic E-state index is 0.0489. The molecule has 0 spiro atoms. The molecule has 8 nitrogen and oxygen atoms in total. The van der Waals surface area contributed by atoms with Gasteiger partial charge in [-0.3, -0.25) is 14.2 Å². The van der Waals surface area contributed by atoms with Crippen LogP contribution < -0.4 is 10.6 Å². The number of amides is 2. The van der Waals surface area contributed by atoms with Gasteiger partial charge in [-0.05, 0) is 43.3 Å². The molecule has 2 amide bonds. The topological polar surface area (TPSA) is 102 Å². The molecule has 1 aromatic carbocycles. The van der Waals surface area contributed by atoms with Crippen LogP contribution in [0.4, 0.5) is 11.4 Å². The molecule has 2 aromatic heterocycles. The summed E-state index contributed by atoms with van der Waals surface area (Å²) in [6, 6.07) is 10.6. The lowest BCUT2D eigenvalue weighted by atomic mass is 10.2. The van der Waals surface area contributed by atoms with Crippen molar-refractivity contribution in [3.63, 3.8) is 0 Å². The van der Waals surface area contributed by atoms with E-state index in [0.717, 1.165) is 0 Å². The molecule has 0 atom stereocenters. The number of nitrogens with zero attached hydrogens (tertiary/aromatic N) is 3. The Kier molecular flexibility index (Phi) is 6.71. The molecule has 3 rings (SSSR count). The SMILES string of the molecule is CCn1c(SCC(=O)Nc2ccc(NC(=O)C(C)C)cc2)nnc1-c1ccco1. The number of anilines is 2. The van der Waals surface area contributed by atoms with Crippen LogP contribution in [0.2, 0.25) is 0 Å². The molecule has 0 fully saturated rings. The van der Waals surface area contributed by atoms with Crippen LogP contribution in [-0.4, -0.2) is 32.3 Å². The highest BCUT2D eigenvalue weighted by Crippen LogP contribution is 2.24. The maximum absolute atomic E-state index is 12.3. The second-order valence-electron chi connectivity index (χ2n) is 6.59. The number of thioether (sulfide) groups is 1. The Balaban J connectivity index is 1.56. The Morgan fingerprint density at radius 3 is 2.38 bits per heavy atom. The second kappa shape index (κ2) is 9.42. The first-order valence-electron chi connectivity index (χ1n) is 9.28. The van der Waals surface area contributed by atoms with Crippen molar-refractivity contribution in [2.45, 2.75) is 32.5 Å². The van der Waals surface area contributed by atoms with Crippen molar-refractivity contribution < 1.29 is 14.0 Å². The third kappa shape index (κ3) is 5.26. The second-order valence-corrected chi connectivity index (χ2v) is 7.53. The molecule has 0 saturated carbocycles. The summed E-state index contributed by atoms with van der Waals surface area (Å²) in [4.78, 5) is 24.0. The van der Waals surface area contributed by atoms with Crippen LogP contribution >= 0.6 is 11.8 Å². The minimum Gasteiger partial charge on any atom is -0.461 e. The first kappa shape index (κ1) is 20.7. The van der Waals surface area contributed by atoms with Gasteiger partial charge >= 0.3 is 0 Å². The fourth-order valence-electron chi connectivity index (χ4n) is 2.52. The number of hydrogen-bond donors (Lipinski definition) is 2. The third-order valence-electron chi connectivity index (χ3n) is 4.07. The molecule has 3 aromatic rings. The van der Waals surface area contributed by atoms with Gasteiger partial charge in [0.1, 0.15) is 0 Å². The van der Waals surface area contributed by atoms with Gasteiger partial charge in [-0.25, -0.2) is 0 Å². The largest absolute Gasteiger partial charge is 0.461 e. The molecule has 0 unspecified atom stereocenters. The molecule has 152 valence electrons. The van der Waals surface area contributed by atoms with Crippen LogP contribution in [0, 0.1) is 5.92 Å². The Morgan fingerprint density at radius 2 is 1.79 bits per heavy atom. The van der Waals surface area contributed by atoms with Crippen LogP contribution in [0.15, 0.2) is 52.2 Å². The summed E-state index contributed by atoms with van der Waals surface area (Å²) in [5.41, 5.74) is 1.35. The molecule has 0 aliphatic heterocycles. The van der Waals surface area contributed by atoms with Gasteiger partial charge in [0.25, 0.3) is 0 Å². The monoisotopic (exact) mass is 413 g/mol. The lowest BCUT2D eigenvalue weighted by Gasteiger charge is -2.09. The van der Waals surface area contributed by atoms with E-state index in [1.54, 1.807) is 36.6 Å². The summed E-state index contributed by atoms with van der Waals surface area (Å²) in [5.74, 6) is 1.18. The fraction of sp³-hybridized carbons (Fsp3) is 0.300. The van der Waals surface area contributed by atoms with Gasteiger partial charge in [0, 0.05) is 23.8 Å². The number of carbonyl (C=O) groups is 2. The van der Waals surface area contributed by atoms with Gasteiger partial charge in [0.05, 0.1) is 12.0 Å². The minimum atomic E-state index is -0.154. The average Bonchev–Trinajstić information content (AvgIpc) is 3.36. The number of aromatic nitrogens is 3. The number of hydrogen-bond acceptors (Lipinski definition) is 6. The lowest BCUT2D eigenvalue weighted by molar-refractivity contribution is -0.119. The van der Waals surface area contributed by atoms with Crippen LogP contribution in [0.5, 0.6) is 0 Å². The van der Waals surface area contributed by atoms with E-state index in [1.807, 2.05) is 31.4 Å². The highest BCUT2D eigenvalue weighted by molar-refractivity contribution is 7.99. The normalized spacial score (nSPS) is 10.9. The number of benzene rings is 1. The molecule has 2 heterocycles. The van der Waals surface area contributed by atoms with Gasteiger partial charge in [0.2, 0.25) is 11.8 Å². The van der Waals surface area contributed by atoms with E-state index in [-0.39, 0.29) is 23.5 Å². The molecule has 0 aliphatic rings. The molecular weight excluding hydrogens is 390 g/mol. The van der Waals surface area contributed by atoms with E-state index in [1.165, 1.54) is 11.8 Å². The maximum atomic E-state index is 12.3. The average molecular weight is 414 g/mol. The molecule has 29 heavy (non-hydrogen) atoms. The predicted molar refractivity (Wildman–Crippen MR) is 113 cm³/mol. The van der Waals surface area contributed by atoms with Crippen LogP contribution in [0.3, 0.4) is 0 Å². The highest BCUT2D eigenvalue weighted by Gasteiger charge is 2.16. The Labute approximate surface area is 173 Å². The van der Waals surface area contributed by atoms with Crippen LogP contribution in [-0.2, 0) is 16.1 Å². The van der Waals surface area contributed by atoms with Gasteiger partial charge in [-0.2, -0.15) is 0 Å². The van der Waals surface area contributed by atoms with Gasteiger partial charge in [-0.15, -0.1) is 10.2 Å². The van der Waals surface area contributed by atoms with E-state index in [9.17, 15) is 9.59 Å². The summed E-state index contributed by atoms with van der Waals surface area (Å²) >= 11 is 1.31. The van der Waals surface area contributed by atoms with Crippen molar-refractivity contribution in [3.8, 4) is 11.6 Å². The summed E-state index contributed by atoms with van der Waals surface area (Å²) in [6.45, 7) is 6.31. The van der Waals surface area contributed by atoms with Crippen molar-refractivity contribution in [1.29, 1.82) is 0 Å². The first-order valence-corrected chi connectivity index (χ1v) is 10.3. The summed E-state index contributed by atoms with van der Waals surface area (Å²) in [5, 5.41) is 14.6. The number of nitrogens with one attached hydrogen (secondary N) is 2. The van der Waals surface area contributed by atoms with Crippen LogP contribution in [0.1, 0.15) is 20.8 Å². The molecule has 9 heteroatoms. The van der Waals surface area contributed by atoms with Crippen molar-refractivity contribution in [2.75, 3.05) is 16.4 Å². The Morgan fingerprint density at radius 1 is 1.10 bits per heavy atom. The van der Waals surface area contributed by atoms with E-state index in [2.05, 4.69) is 20.8 Å². The Hall–Kier alpha value is -3.07. The van der Waals surface area contributed by atoms with Crippen LogP contribution in [0.25, 0.3) is 11.6 Å². The summed E-state index contributed by atoms with van der Waals surface area (Å²) in [7, 11) is 0. The molecule has 0 bridgehead atoms. The smallest absolute Gasteiger partial charge is 0.234 e. The highest BCUT2D eigenvalue weighted by atomic mass is 32.2. The summed E-state index contributed by atoms with van der Waals surface area (Å²) in [6.07, 6.45) is 1.59. The van der Waals surface area contributed by atoms with E-state index >= 15 is 0 Å². The quantitative estimate of drug-likeness (QED) is 0.543. The number of furan rings is 1. The number of carbonyl (C=O) groups excluding carboxylic acids is 2. The zero-order valence-corrected chi connectivity index (χ0v) is 17.3. The maximum Gasteiger partial charge on any atom is 0.234 e. The lowest BCUT2D eigenvalue weighted by Crippen LogP contribution is -2.18. The van der Waals surface area contributed by atoms with Gasteiger partial charge < -0.3 is 15.1 Å². The van der Waals surface area contributed by atoms with Gasteiger partial charge in [0.15, 0.2) is 16.7 Å². The summed E-state index contributed by atoms with van der Waals surface area (Å²) < 4.78 is 7.29. The molecule has 2 N–H and O–H groups in total. The molecule has 0 radical (unpaired) electrons. The predicted octanol–water partition coefficient (Wildman–Crippen LogP) is 3.88. The van der Waals surface area contributed by atoms with Crippen molar-refractivity contribution in [3.05, 3.63) is 42.7 Å². The molecule has 0 aliphatic carbocycles. The first-order chi connectivity index (χ1) is 14.0. The standard InChI is InChI=1S/C20H23N5O3S/c1-4-25-18(16-6-5-11-28-16)23-24-20(25)29-12-17(26)21-14-7-9-15(10-8-14)22-19(27)13(2)3/h5-11,13H,4,12H2,1-3H3,(H,21,26)(H,22,27). The number of rotatable bonds is 8. The van der Waals surface area contributed by atoms with Gasteiger partial charge in [-0.1, -0.05) is 25.6 Å². The van der Waals surface area contributed by atoms with Crippen molar-refractivity contribution >= 4 is 35.0 Å². The van der Waals surface area contributed by atoms with E-state index in [0.29, 0.717) is 34.7 Å². The fourth-order valence-corrected chi connectivity index (χ4v) is 3.32. The Bertz CT molecular complexity index is 965. The van der Waals surface area contributed by atoms with Crippen molar-refractivity contribution in [2.24, 2.45) is 5.92 Å². The zero-order chi connectivity index (χ0) is 20.8. The molecule has 0 saturated heterocycles. The zero-order valence-electron chi connectivity index (χ0n) is 16.5.